The van der Waals surface area contributed by atoms with Crippen LogP contribution in [0.1, 0.15) is 18.1 Å². The van der Waals surface area contributed by atoms with Gasteiger partial charge in [-0.3, -0.25) is 4.98 Å². The van der Waals surface area contributed by atoms with Gasteiger partial charge >= 0.3 is 0 Å². The molecule has 0 aliphatic carbocycles. The molecule has 0 aliphatic rings. The third-order valence-corrected chi connectivity index (χ3v) is 1.38. The molecule has 0 bridgehead atoms. The van der Waals surface area contributed by atoms with Gasteiger partial charge in [0.1, 0.15) is 0 Å². The van der Waals surface area contributed by atoms with Crippen LogP contribution in [0.2, 0.25) is 0 Å². The summed E-state index contributed by atoms with van der Waals surface area (Å²) in [7, 11) is 0. The summed E-state index contributed by atoms with van der Waals surface area (Å²) in [6.45, 7) is 1.69. The summed E-state index contributed by atoms with van der Waals surface area (Å²) in [5, 5.41) is 7.34. The molecule has 0 fully saturated rings. The second kappa shape index (κ2) is 2.98. The lowest BCUT2D eigenvalue weighted by atomic mass is 10.1. The van der Waals surface area contributed by atoms with Crippen molar-refractivity contribution in [1.82, 2.24) is 4.98 Å². The van der Waals surface area contributed by atoms with Gasteiger partial charge < -0.3 is 5.41 Å². The largest absolute Gasteiger partial charge is 0.305 e. The highest BCUT2D eigenvalue weighted by Crippen LogP contribution is 2.04. The topological polar surface area (TPSA) is 36.7 Å². The Morgan fingerprint density at radius 3 is 2.91 bits per heavy atom. The average Bonchev–Trinajstić information content (AvgIpc) is 2.04. The van der Waals surface area contributed by atoms with Gasteiger partial charge in [0, 0.05) is 29.2 Å². The Morgan fingerprint density at radius 2 is 2.45 bits per heavy atom. The van der Waals surface area contributed by atoms with Gasteiger partial charge in [-0.15, -0.1) is 6.42 Å². The molecule has 1 heterocycles. The molecule has 1 N–H and O–H groups in total. The van der Waals surface area contributed by atoms with E-state index in [9.17, 15) is 0 Å². The Morgan fingerprint density at radius 1 is 1.73 bits per heavy atom. The van der Waals surface area contributed by atoms with Crippen molar-refractivity contribution in [3.63, 3.8) is 0 Å². The molecule has 1 rings (SSSR count). The summed E-state index contributed by atoms with van der Waals surface area (Å²) in [4.78, 5) is 3.88. The quantitative estimate of drug-likeness (QED) is 0.470. The van der Waals surface area contributed by atoms with E-state index in [4.69, 9.17) is 11.8 Å². The van der Waals surface area contributed by atoms with Crippen LogP contribution in [0.3, 0.4) is 0 Å². The molecule has 0 amide bonds. The first-order chi connectivity index (χ1) is 5.25. The van der Waals surface area contributed by atoms with Crippen LogP contribution in [-0.4, -0.2) is 10.7 Å². The minimum absolute atomic E-state index is 0.450. The normalized spacial score (nSPS) is 8.73. The molecule has 0 unspecified atom stereocenters. The minimum Gasteiger partial charge on any atom is -0.305 e. The van der Waals surface area contributed by atoms with Crippen LogP contribution in [-0.2, 0) is 0 Å². The summed E-state index contributed by atoms with van der Waals surface area (Å²) in [6, 6.07) is 1.73. The molecule has 2 nitrogen and oxygen atoms in total. The lowest BCUT2D eigenvalue weighted by molar-refractivity contribution is 1.29. The molecule has 2 heteroatoms. The van der Waals surface area contributed by atoms with Gasteiger partial charge in [-0.05, 0) is 13.0 Å². The number of nitrogens with one attached hydrogen (secondary N) is 1. The lowest BCUT2D eigenvalue weighted by Gasteiger charge is -1.98. The van der Waals surface area contributed by atoms with E-state index in [1.165, 1.54) is 0 Å². The zero-order valence-corrected chi connectivity index (χ0v) is 6.26. The molecule has 0 saturated heterocycles. The van der Waals surface area contributed by atoms with Crippen molar-refractivity contribution in [2.45, 2.75) is 6.92 Å². The summed E-state index contributed by atoms with van der Waals surface area (Å²) >= 11 is 0. The number of pyridine rings is 1. The Bertz CT molecular complexity index is 321. The summed E-state index contributed by atoms with van der Waals surface area (Å²) < 4.78 is 0. The van der Waals surface area contributed by atoms with Crippen molar-refractivity contribution in [2.75, 3.05) is 0 Å². The van der Waals surface area contributed by atoms with E-state index >= 15 is 0 Å². The first kappa shape index (κ1) is 7.49. The Balaban J connectivity index is 3.26. The van der Waals surface area contributed by atoms with Gasteiger partial charge in [-0.2, -0.15) is 0 Å². The van der Waals surface area contributed by atoms with Crippen LogP contribution in [0, 0.1) is 17.8 Å². The van der Waals surface area contributed by atoms with Crippen LogP contribution >= 0.6 is 0 Å². The Hall–Kier alpha value is -1.62. The predicted octanol–water partition coefficient (Wildman–Crippen LogP) is 1.45. The first-order valence-corrected chi connectivity index (χ1v) is 3.22. The van der Waals surface area contributed by atoms with Crippen molar-refractivity contribution in [3.8, 4) is 12.3 Å². The molecule has 11 heavy (non-hydrogen) atoms. The monoisotopic (exact) mass is 144 g/mol. The maximum Gasteiger partial charge on any atom is 0.0383 e. The molecule has 0 radical (unpaired) electrons. The first-order valence-electron chi connectivity index (χ1n) is 3.22. The number of terminal acetylenes is 1. The molecule has 1 aromatic heterocycles. The fourth-order valence-corrected chi connectivity index (χ4v) is 0.819. The second-order valence-corrected chi connectivity index (χ2v) is 2.19. The molecular weight excluding hydrogens is 136 g/mol. The Kier molecular flexibility index (Phi) is 2.03. The number of hydrogen-bond donors (Lipinski definition) is 1. The number of hydrogen-bond acceptors (Lipinski definition) is 2. The highest BCUT2D eigenvalue weighted by Gasteiger charge is 1.99. The van der Waals surface area contributed by atoms with Gasteiger partial charge in [0.2, 0.25) is 0 Å². The van der Waals surface area contributed by atoms with Crippen molar-refractivity contribution in [1.29, 1.82) is 5.41 Å². The maximum absolute atomic E-state index is 7.34. The molecule has 0 aromatic carbocycles. The van der Waals surface area contributed by atoms with Crippen LogP contribution in [0.5, 0.6) is 0 Å². The van der Waals surface area contributed by atoms with E-state index in [0.29, 0.717) is 5.71 Å². The number of nitrogens with zero attached hydrogens (tertiary/aromatic N) is 1. The minimum atomic E-state index is 0.450. The van der Waals surface area contributed by atoms with Gasteiger partial charge in [0.05, 0.1) is 0 Å². The smallest absolute Gasteiger partial charge is 0.0383 e. The van der Waals surface area contributed by atoms with Crippen LogP contribution in [0.15, 0.2) is 18.5 Å². The number of rotatable bonds is 1. The van der Waals surface area contributed by atoms with E-state index in [-0.39, 0.29) is 0 Å². The SMILES string of the molecule is C#Cc1ccncc1C(C)=N. The third-order valence-electron chi connectivity index (χ3n) is 1.38. The zero-order valence-electron chi connectivity index (χ0n) is 6.26. The molecule has 1 aromatic rings. The maximum atomic E-state index is 7.34. The van der Waals surface area contributed by atoms with Crippen LogP contribution in [0.25, 0.3) is 0 Å². The zero-order chi connectivity index (χ0) is 8.27. The van der Waals surface area contributed by atoms with Crippen molar-refractivity contribution >= 4 is 5.71 Å². The molecule has 0 saturated carbocycles. The summed E-state index contributed by atoms with van der Waals surface area (Å²) in [5.41, 5.74) is 1.91. The van der Waals surface area contributed by atoms with Crippen LogP contribution < -0.4 is 0 Å². The van der Waals surface area contributed by atoms with Gasteiger partial charge in [-0.1, -0.05) is 5.92 Å². The molecular formula is C9H8N2. The summed E-state index contributed by atoms with van der Waals surface area (Å²) in [6.07, 6.45) is 8.45. The average molecular weight is 144 g/mol. The van der Waals surface area contributed by atoms with Crippen LogP contribution in [0.4, 0.5) is 0 Å². The summed E-state index contributed by atoms with van der Waals surface area (Å²) in [5.74, 6) is 2.50. The van der Waals surface area contributed by atoms with E-state index in [0.717, 1.165) is 11.1 Å². The fourth-order valence-electron chi connectivity index (χ4n) is 0.819. The fraction of sp³-hybridized carbons (Fsp3) is 0.111. The van der Waals surface area contributed by atoms with Crippen molar-refractivity contribution in [3.05, 3.63) is 29.6 Å². The van der Waals surface area contributed by atoms with Gasteiger partial charge in [0.25, 0.3) is 0 Å². The molecule has 0 atom stereocenters. The van der Waals surface area contributed by atoms with Gasteiger partial charge in [0.15, 0.2) is 0 Å². The highest BCUT2D eigenvalue weighted by atomic mass is 14.6. The lowest BCUT2D eigenvalue weighted by Crippen LogP contribution is -1.96. The van der Waals surface area contributed by atoms with Crippen molar-refractivity contribution in [2.24, 2.45) is 0 Å². The van der Waals surface area contributed by atoms with E-state index in [1.807, 2.05) is 0 Å². The molecule has 54 valence electrons. The third kappa shape index (κ3) is 1.44. The Labute approximate surface area is 65.8 Å². The van der Waals surface area contributed by atoms with E-state index < -0.39 is 0 Å². The van der Waals surface area contributed by atoms with Crippen molar-refractivity contribution < 1.29 is 0 Å². The molecule has 0 aliphatic heterocycles. The van der Waals surface area contributed by atoms with Gasteiger partial charge in [-0.25, -0.2) is 0 Å². The van der Waals surface area contributed by atoms with E-state index in [1.54, 1.807) is 25.4 Å². The molecule has 0 spiro atoms. The standard InChI is InChI=1S/C9H8N2/c1-3-8-4-5-11-6-9(8)7(2)10/h1,4-6,10H,2H3. The number of aromatic nitrogens is 1. The van der Waals surface area contributed by atoms with E-state index in [2.05, 4.69) is 10.9 Å². The predicted molar refractivity (Wildman–Crippen MR) is 44.7 cm³/mol. The second-order valence-electron chi connectivity index (χ2n) is 2.19. The highest BCUT2D eigenvalue weighted by molar-refractivity contribution is 5.98.